The average Bonchev–Trinajstić information content (AvgIpc) is 2.76. The maximum Gasteiger partial charge on any atom is 0.333 e. The Morgan fingerprint density at radius 3 is 2.48 bits per heavy atom. The van der Waals surface area contributed by atoms with Crippen molar-refractivity contribution in [2.24, 2.45) is 19.1 Å². The minimum absolute atomic E-state index is 0.128. The number of para-hydroxylation sites is 1. The number of halogens is 2. The molecule has 1 heterocycles. The highest BCUT2D eigenvalue weighted by atomic mass is 35.5. The lowest BCUT2D eigenvalue weighted by molar-refractivity contribution is 0.344. The van der Waals surface area contributed by atoms with Crippen LogP contribution in [-0.4, -0.2) is 31.6 Å². The fourth-order valence-corrected chi connectivity index (χ4v) is 3.71. The summed E-state index contributed by atoms with van der Waals surface area (Å²) in [5.41, 5.74) is -1.11. The van der Waals surface area contributed by atoms with E-state index in [1.165, 1.54) is 38.4 Å². The van der Waals surface area contributed by atoms with Crippen molar-refractivity contribution >= 4 is 34.1 Å². The van der Waals surface area contributed by atoms with E-state index >= 15 is 0 Å². The first kappa shape index (κ1) is 22.6. The molecular weight excluding hydrogens is 445 g/mol. The monoisotopic (exact) mass is 463 g/mol. The molecule has 0 aliphatic carbocycles. The summed E-state index contributed by atoms with van der Waals surface area (Å²) in [6.07, 6.45) is 0. The number of thioether (sulfide) groups is 1. The van der Waals surface area contributed by atoms with E-state index in [0.717, 1.165) is 20.9 Å². The van der Waals surface area contributed by atoms with Gasteiger partial charge in [-0.1, -0.05) is 23.7 Å². The van der Waals surface area contributed by atoms with E-state index in [-0.39, 0.29) is 17.2 Å². The summed E-state index contributed by atoms with van der Waals surface area (Å²) in [6.45, 7) is 0.240. The lowest BCUT2D eigenvalue weighted by Crippen LogP contribution is -2.39. The number of aromatic nitrogens is 2. The van der Waals surface area contributed by atoms with E-state index in [4.69, 9.17) is 16.3 Å². The van der Waals surface area contributed by atoms with Crippen molar-refractivity contribution in [2.45, 2.75) is 0 Å². The van der Waals surface area contributed by atoms with Crippen molar-refractivity contribution in [2.75, 3.05) is 12.4 Å². The van der Waals surface area contributed by atoms with Crippen molar-refractivity contribution in [3.8, 4) is 11.6 Å². The molecule has 10 heteroatoms. The zero-order valence-electron chi connectivity index (χ0n) is 16.7. The van der Waals surface area contributed by atoms with E-state index in [1.54, 1.807) is 24.3 Å². The Balaban J connectivity index is 1.93. The fraction of sp³-hybridized carbons (Fsp3) is 0.190. The van der Waals surface area contributed by atoms with Crippen LogP contribution in [0.25, 0.3) is 0 Å². The van der Waals surface area contributed by atoms with Crippen LogP contribution in [0.2, 0.25) is 5.02 Å². The third-order valence-corrected chi connectivity index (χ3v) is 5.57. The van der Waals surface area contributed by atoms with Crippen molar-refractivity contribution in [1.82, 2.24) is 9.13 Å². The van der Waals surface area contributed by atoms with Gasteiger partial charge in [-0.3, -0.25) is 13.9 Å². The first-order chi connectivity index (χ1) is 14.8. The van der Waals surface area contributed by atoms with Crippen LogP contribution < -0.4 is 16.0 Å². The summed E-state index contributed by atoms with van der Waals surface area (Å²) in [7, 11) is 2.66. The quantitative estimate of drug-likeness (QED) is 0.343. The lowest BCUT2D eigenvalue weighted by atomic mass is 10.3. The average molecular weight is 464 g/mol. The Bertz CT molecular complexity index is 1240. The van der Waals surface area contributed by atoms with Crippen LogP contribution in [0.5, 0.6) is 11.6 Å². The molecule has 0 atom stereocenters. The van der Waals surface area contributed by atoms with Gasteiger partial charge in [-0.2, -0.15) is 0 Å². The fourth-order valence-electron chi connectivity index (χ4n) is 2.67. The SMILES string of the molecule is Cn1c(O)c(C(=Nc2ccc(F)cc2)SCCOc2ccccc2Cl)c(=O)n(C)c1=O. The second kappa shape index (κ2) is 9.84. The van der Waals surface area contributed by atoms with Crippen molar-refractivity contribution in [3.05, 3.63) is 85.8 Å². The molecule has 0 unspecified atom stereocenters. The van der Waals surface area contributed by atoms with Crippen LogP contribution in [0, 0.1) is 5.82 Å². The van der Waals surface area contributed by atoms with Crippen molar-refractivity contribution in [1.29, 1.82) is 0 Å². The highest BCUT2D eigenvalue weighted by Crippen LogP contribution is 2.25. The summed E-state index contributed by atoms with van der Waals surface area (Å²) in [6, 6.07) is 12.4. The number of aliphatic imine (C=N–C) groups is 1. The molecule has 7 nitrogen and oxygen atoms in total. The Labute approximate surface area is 186 Å². The Hall–Kier alpha value is -3.04. The number of benzene rings is 2. The number of ether oxygens (including phenoxy) is 1. The molecule has 0 spiro atoms. The van der Waals surface area contributed by atoms with E-state index < -0.39 is 22.9 Å². The van der Waals surface area contributed by atoms with Gasteiger partial charge in [0.1, 0.15) is 22.2 Å². The second-order valence-electron chi connectivity index (χ2n) is 6.43. The largest absolute Gasteiger partial charge is 0.494 e. The first-order valence-corrected chi connectivity index (χ1v) is 10.5. The maximum atomic E-state index is 13.3. The Kier molecular flexibility index (Phi) is 7.19. The molecule has 31 heavy (non-hydrogen) atoms. The Morgan fingerprint density at radius 2 is 1.81 bits per heavy atom. The predicted molar refractivity (Wildman–Crippen MR) is 121 cm³/mol. The molecule has 0 radical (unpaired) electrons. The topological polar surface area (TPSA) is 85.8 Å². The molecule has 1 aromatic heterocycles. The minimum atomic E-state index is -0.694. The summed E-state index contributed by atoms with van der Waals surface area (Å²) >= 11 is 7.23. The molecule has 0 saturated heterocycles. The molecule has 162 valence electrons. The van der Waals surface area contributed by atoms with Crippen LogP contribution in [0.3, 0.4) is 0 Å². The number of nitrogens with zero attached hydrogens (tertiary/aromatic N) is 3. The zero-order chi connectivity index (χ0) is 22.5. The molecule has 3 aromatic rings. The molecule has 0 aliphatic heterocycles. The van der Waals surface area contributed by atoms with Gasteiger partial charge in [0.25, 0.3) is 5.56 Å². The number of hydrogen-bond acceptors (Lipinski definition) is 6. The van der Waals surface area contributed by atoms with Gasteiger partial charge < -0.3 is 9.84 Å². The lowest BCUT2D eigenvalue weighted by Gasteiger charge is -2.13. The number of aromatic hydroxyl groups is 1. The van der Waals surface area contributed by atoms with Crippen LogP contribution >= 0.6 is 23.4 Å². The highest BCUT2D eigenvalue weighted by Gasteiger charge is 2.21. The highest BCUT2D eigenvalue weighted by molar-refractivity contribution is 8.14. The van der Waals surface area contributed by atoms with Crippen LogP contribution in [0.4, 0.5) is 10.1 Å². The van der Waals surface area contributed by atoms with E-state index in [0.29, 0.717) is 22.2 Å². The molecule has 3 rings (SSSR count). The van der Waals surface area contributed by atoms with Gasteiger partial charge in [-0.05, 0) is 36.4 Å². The zero-order valence-corrected chi connectivity index (χ0v) is 18.3. The number of rotatable bonds is 6. The minimum Gasteiger partial charge on any atom is -0.494 e. The maximum absolute atomic E-state index is 13.3. The molecule has 0 amide bonds. The van der Waals surface area contributed by atoms with Crippen LogP contribution in [0.1, 0.15) is 5.56 Å². The predicted octanol–water partition coefficient (Wildman–Crippen LogP) is 3.47. The van der Waals surface area contributed by atoms with Gasteiger partial charge in [0.2, 0.25) is 5.88 Å². The smallest absolute Gasteiger partial charge is 0.333 e. The molecule has 2 aromatic carbocycles. The third-order valence-electron chi connectivity index (χ3n) is 4.32. The molecule has 0 bridgehead atoms. The van der Waals surface area contributed by atoms with Crippen LogP contribution in [-0.2, 0) is 14.1 Å². The molecular formula is C21H19ClFN3O4S. The van der Waals surface area contributed by atoms with Gasteiger partial charge in [0, 0.05) is 19.8 Å². The van der Waals surface area contributed by atoms with Gasteiger partial charge in [0.05, 0.1) is 17.3 Å². The first-order valence-electron chi connectivity index (χ1n) is 9.13. The summed E-state index contributed by atoms with van der Waals surface area (Å²) in [5, 5.41) is 11.1. The van der Waals surface area contributed by atoms with Gasteiger partial charge in [-0.15, -0.1) is 11.8 Å². The van der Waals surface area contributed by atoms with Gasteiger partial charge in [-0.25, -0.2) is 14.2 Å². The van der Waals surface area contributed by atoms with E-state index in [1.807, 2.05) is 0 Å². The summed E-state index contributed by atoms with van der Waals surface area (Å²) in [5.74, 6) is -0.0604. The van der Waals surface area contributed by atoms with Crippen molar-refractivity contribution in [3.63, 3.8) is 0 Å². The summed E-state index contributed by atoms with van der Waals surface area (Å²) < 4.78 is 20.8. The third kappa shape index (κ3) is 5.18. The number of hydrogen-bond donors (Lipinski definition) is 1. The van der Waals surface area contributed by atoms with E-state index in [9.17, 15) is 19.1 Å². The second-order valence-corrected chi connectivity index (χ2v) is 7.92. The molecule has 0 fully saturated rings. The van der Waals surface area contributed by atoms with Crippen LogP contribution in [0.15, 0.2) is 63.1 Å². The van der Waals surface area contributed by atoms with Crippen molar-refractivity contribution < 1.29 is 14.2 Å². The standard InChI is InChI=1S/C21H19ClFN3O4S/c1-25-19(27)17(20(28)26(2)21(25)29)18(24-14-9-7-13(23)8-10-14)31-12-11-30-16-6-4-3-5-15(16)22/h3-10,27H,11-12H2,1-2H3. The van der Waals surface area contributed by atoms with Gasteiger partial charge in [0.15, 0.2) is 0 Å². The van der Waals surface area contributed by atoms with Gasteiger partial charge >= 0.3 is 5.69 Å². The molecule has 1 N–H and O–H groups in total. The molecule has 0 saturated carbocycles. The molecule has 0 aliphatic rings. The summed E-state index contributed by atoms with van der Waals surface area (Å²) in [4.78, 5) is 29.2. The van der Waals surface area contributed by atoms with E-state index in [2.05, 4.69) is 4.99 Å². The normalized spacial score (nSPS) is 11.5. The Morgan fingerprint density at radius 1 is 1.13 bits per heavy atom.